The van der Waals surface area contributed by atoms with Crippen molar-refractivity contribution in [3.8, 4) is 0 Å². The first-order valence-electron chi connectivity index (χ1n) is 4.69. The van der Waals surface area contributed by atoms with Gasteiger partial charge in [0.15, 0.2) is 0 Å². The maximum Gasteiger partial charge on any atom is 0.250 e. The second-order valence-electron chi connectivity index (χ2n) is 3.68. The minimum atomic E-state index is 0.0871. The van der Waals surface area contributed by atoms with E-state index in [0.29, 0.717) is 6.54 Å². The summed E-state index contributed by atoms with van der Waals surface area (Å²) in [6.07, 6.45) is 4.40. The standard InChI is InChI=1S/C10H14N2O/c11-5-9-3-4-10(13)12(7-9)6-8-1-2-8/h3-4,7-8H,1-2,5-6,11H2. The van der Waals surface area contributed by atoms with Gasteiger partial charge in [-0.1, -0.05) is 6.07 Å². The molecule has 1 aromatic heterocycles. The summed E-state index contributed by atoms with van der Waals surface area (Å²) in [5.41, 5.74) is 6.61. The molecule has 3 nitrogen and oxygen atoms in total. The van der Waals surface area contributed by atoms with Gasteiger partial charge in [-0.25, -0.2) is 0 Å². The topological polar surface area (TPSA) is 48.0 Å². The molecule has 1 aliphatic carbocycles. The molecule has 2 rings (SSSR count). The number of aromatic nitrogens is 1. The molecule has 1 saturated carbocycles. The van der Waals surface area contributed by atoms with E-state index in [1.54, 1.807) is 16.7 Å². The van der Waals surface area contributed by atoms with Crippen molar-refractivity contribution in [1.82, 2.24) is 4.57 Å². The lowest BCUT2D eigenvalue weighted by molar-refractivity contribution is 0.603. The predicted octanol–water partition coefficient (Wildman–Crippen LogP) is 0.717. The third kappa shape index (κ3) is 1.98. The van der Waals surface area contributed by atoms with Crippen LogP contribution in [0.15, 0.2) is 23.1 Å². The van der Waals surface area contributed by atoms with Crippen LogP contribution >= 0.6 is 0 Å². The molecular formula is C10H14N2O. The highest BCUT2D eigenvalue weighted by Gasteiger charge is 2.21. The Morgan fingerprint density at radius 2 is 2.23 bits per heavy atom. The van der Waals surface area contributed by atoms with E-state index < -0.39 is 0 Å². The van der Waals surface area contributed by atoms with Gasteiger partial charge in [-0.3, -0.25) is 4.79 Å². The highest BCUT2D eigenvalue weighted by atomic mass is 16.1. The number of rotatable bonds is 3. The van der Waals surface area contributed by atoms with Crippen molar-refractivity contribution >= 4 is 0 Å². The van der Waals surface area contributed by atoms with Gasteiger partial charge < -0.3 is 10.3 Å². The van der Waals surface area contributed by atoms with Crippen LogP contribution in [0.4, 0.5) is 0 Å². The summed E-state index contributed by atoms with van der Waals surface area (Å²) in [5, 5.41) is 0. The van der Waals surface area contributed by atoms with Crippen LogP contribution in [0.5, 0.6) is 0 Å². The molecule has 0 bridgehead atoms. The Labute approximate surface area is 77.2 Å². The Kier molecular flexibility index (Phi) is 2.19. The van der Waals surface area contributed by atoms with E-state index in [2.05, 4.69) is 0 Å². The molecular weight excluding hydrogens is 164 g/mol. The quantitative estimate of drug-likeness (QED) is 0.741. The predicted molar refractivity (Wildman–Crippen MR) is 51.3 cm³/mol. The Balaban J connectivity index is 2.24. The van der Waals surface area contributed by atoms with Gasteiger partial charge in [0, 0.05) is 25.4 Å². The van der Waals surface area contributed by atoms with E-state index in [0.717, 1.165) is 18.0 Å². The Morgan fingerprint density at radius 1 is 1.46 bits per heavy atom. The van der Waals surface area contributed by atoms with Crippen LogP contribution in [0, 0.1) is 5.92 Å². The molecule has 0 aromatic carbocycles. The molecule has 3 heteroatoms. The third-order valence-corrected chi connectivity index (χ3v) is 2.43. The SMILES string of the molecule is NCc1ccc(=O)n(CC2CC2)c1. The average molecular weight is 178 g/mol. The maximum atomic E-state index is 11.4. The van der Waals surface area contributed by atoms with Gasteiger partial charge in [-0.15, -0.1) is 0 Å². The number of hydrogen-bond donors (Lipinski definition) is 1. The smallest absolute Gasteiger partial charge is 0.250 e. The van der Waals surface area contributed by atoms with E-state index in [-0.39, 0.29) is 5.56 Å². The van der Waals surface area contributed by atoms with Gasteiger partial charge in [0.2, 0.25) is 0 Å². The largest absolute Gasteiger partial charge is 0.326 e. The number of nitrogens with two attached hydrogens (primary N) is 1. The van der Waals surface area contributed by atoms with Gasteiger partial charge in [-0.05, 0) is 24.3 Å². The van der Waals surface area contributed by atoms with Gasteiger partial charge in [0.05, 0.1) is 0 Å². The molecule has 0 radical (unpaired) electrons. The summed E-state index contributed by atoms with van der Waals surface area (Å²) < 4.78 is 1.78. The molecule has 13 heavy (non-hydrogen) atoms. The van der Waals surface area contributed by atoms with E-state index in [9.17, 15) is 4.79 Å². The van der Waals surface area contributed by atoms with Crippen molar-refractivity contribution < 1.29 is 0 Å². The molecule has 1 aromatic rings. The Bertz CT molecular complexity index is 352. The van der Waals surface area contributed by atoms with Crippen molar-refractivity contribution in [3.63, 3.8) is 0 Å². The number of nitrogens with zero attached hydrogens (tertiary/aromatic N) is 1. The Morgan fingerprint density at radius 3 is 2.85 bits per heavy atom. The number of hydrogen-bond acceptors (Lipinski definition) is 2. The fraction of sp³-hybridized carbons (Fsp3) is 0.500. The minimum absolute atomic E-state index is 0.0871. The van der Waals surface area contributed by atoms with Gasteiger partial charge in [0.25, 0.3) is 5.56 Å². The fourth-order valence-corrected chi connectivity index (χ4v) is 1.42. The molecule has 70 valence electrons. The minimum Gasteiger partial charge on any atom is -0.326 e. The summed E-state index contributed by atoms with van der Waals surface area (Å²) >= 11 is 0. The maximum absolute atomic E-state index is 11.4. The second kappa shape index (κ2) is 3.34. The van der Waals surface area contributed by atoms with Crippen molar-refractivity contribution in [3.05, 3.63) is 34.2 Å². The molecule has 0 unspecified atom stereocenters. The van der Waals surface area contributed by atoms with Gasteiger partial charge in [0.1, 0.15) is 0 Å². The van der Waals surface area contributed by atoms with Crippen molar-refractivity contribution in [2.45, 2.75) is 25.9 Å². The first-order chi connectivity index (χ1) is 6.29. The van der Waals surface area contributed by atoms with E-state index in [4.69, 9.17) is 5.73 Å². The highest BCUT2D eigenvalue weighted by molar-refractivity contribution is 5.09. The zero-order valence-corrected chi connectivity index (χ0v) is 7.57. The average Bonchev–Trinajstić information content (AvgIpc) is 2.93. The molecule has 0 aliphatic heterocycles. The van der Waals surface area contributed by atoms with Crippen LogP contribution in [0.3, 0.4) is 0 Å². The summed E-state index contributed by atoms with van der Waals surface area (Å²) in [7, 11) is 0. The van der Waals surface area contributed by atoms with Crippen molar-refractivity contribution in [2.75, 3.05) is 0 Å². The lowest BCUT2D eigenvalue weighted by Crippen LogP contribution is -2.20. The van der Waals surface area contributed by atoms with Crippen molar-refractivity contribution in [2.24, 2.45) is 11.7 Å². The Hall–Kier alpha value is -1.09. The zero-order valence-electron chi connectivity index (χ0n) is 7.57. The van der Waals surface area contributed by atoms with Crippen molar-refractivity contribution in [1.29, 1.82) is 0 Å². The third-order valence-electron chi connectivity index (χ3n) is 2.43. The summed E-state index contributed by atoms with van der Waals surface area (Å²) in [6.45, 7) is 1.37. The molecule has 1 heterocycles. The van der Waals surface area contributed by atoms with Crippen LogP contribution < -0.4 is 11.3 Å². The molecule has 2 N–H and O–H groups in total. The lowest BCUT2D eigenvalue weighted by Gasteiger charge is -2.05. The van der Waals surface area contributed by atoms with Crippen LogP contribution in [0.2, 0.25) is 0 Å². The monoisotopic (exact) mass is 178 g/mol. The van der Waals surface area contributed by atoms with E-state index in [1.807, 2.05) is 6.20 Å². The lowest BCUT2D eigenvalue weighted by atomic mass is 10.3. The van der Waals surface area contributed by atoms with Crippen LogP contribution in [-0.2, 0) is 13.1 Å². The molecule has 1 aliphatic rings. The highest BCUT2D eigenvalue weighted by Crippen LogP contribution is 2.29. The molecule has 0 atom stereocenters. The summed E-state index contributed by atoms with van der Waals surface area (Å²) in [4.78, 5) is 11.4. The molecule has 0 spiro atoms. The first kappa shape index (κ1) is 8.51. The number of pyridine rings is 1. The summed E-state index contributed by atoms with van der Waals surface area (Å²) in [5.74, 6) is 0.728. The zero-order chi connectivity index (χ0) is 9.26. The van der Waals surface area contributed by atoms with E-state index >= 15 is 0 Å². The summed E-state index contributed by atoms with van der Waals surface area (Å²) in [6, 6.07) is 3.40. The fourth-order valence-electron chi connectivity index (χ4n) is 1.42. The van der Waals surface area contributed by atoms with Crippen LogP contribution in [0.25, 0.3) is 0 Å². The second-order valence-corrected chi connectivity index (χ2v) is 3.68. The van der Waals surface area contributed by atoms with Gasteiger partial charge >= 0.3 is 0 Å². The first-order valence-corrected chi connectivity index (χ1v) is 4.69. The normalized spacial score (nSPS) is 16.1. The van der Waals surface area contributed by atoms with Crippen LogP contribution in [-0.4, -0.2) is 4.57 Å². The molecule has 0 saturated heterocycles. The molecule has 1 fully saturated rings. The van der Waals surface area contributed by atoms with Gasteiger partial charge in [-0.2, -0.15) is 0 Å². The van der Waals surface area contributed by atoms with E-state index in [1.165, 1.54) is 12.8 Å². The molecule has 0 amide bonds. The van der Waals surface area contributed by atoms with Crippen LogP contribution in [0.1, 0.15) is 18.4 Å².